The first-order valence-electron chi connectivity index (χ1n) is 11.4. The van der Waals surface area contributed by atoms with Crippen molar-refractivity contribution in [1.82, 2.24) is 10.2 Å². The first kappa shape index (κ1) is 28.8. The summed E-state index contributed by atoms with van der Waals surface area (Å²) in [7, 11) is -4.21. The summed E-state index contributed by atoms with van der Waals surface area (Å²) in [6.45, 7) is 3.21. The predicted molar refractivity (Wildman–Crippen MR) is 148 cm³/mol. The Morgan fingerprint density at radius 3 is 2.11 bits per heavy atom. The number of benzene rings is 3. The lowest BCUT2D eigenvalue weighted by atomic mass is 10.1. The maximum Gasteiger partial charge on any atom is 0.264 e. The summed E-state index contributed by atoms with van der Waals surface area (Å²) in [6.07, 6.45) is 0. The van der Waals surface area contributed by atoms with Crippen molar-refractivity contribution in [3.05, 3.63) is 93.4 Å². The van der Waals surface area contributed by atoms with E-state index in [-0.39, 0.29) is 23.0 Å². The van der Waals surface area contributed by atoms with Crippen molar-refractivity contribution in [3.8, 4) is 0 Å². The van der Waals surface area contributed by atoms with E-state index >= 15 is 0 Å². The molecule has 0 aliphatic heterocycles. The molecule has 3 aromatic carbocycles. The third kappa shape index (κ3) is 7.38. The fourth-order valence-corrected chi connectivity index (χ4v) is 5.56. The van der Waals surface area contributed by atoms with Crippen molar-refractivity contribution in [2.24, 2.45) is 0 Å². The van der Waals surface area contributed by atoms with Gasteiger partial charge in [0.05, 0.1) is 10.6 Å². The molecule has 0 radical (unpaired) electrons. The van der Waals surface area contributed by atoms with Gasteiger partial charge in [-0.1, -0.05) is 53.0 Å². The largest absolute Gasteiger partial charge is 0.355 e. The number of hydrogen-bond acceptors (Lipinski definition) is 4. The first-order chi connectivity index (χ1) is 17.5. The number of likely N-dealkylation sites (N-methyl/N-ethyl adjacent to an activating group) is 1. The van der Waals surface area contributed by atoms with E-state index in [4.69, 9.17) is 34.8 Å². The number of nitrogens with zero attached hydrogens (tertiary/aromatic N) is 2. The minimum Gasteiger partial charge on any atom is -0.355 e. The van der Waals surface area contributed by atoms with Crippen LogP contribution in [0.1, 0.15) is 19.4 Å². The SMILES string of the molecule is CCNC(=O)[C@@H](C)N(Cc1cccc(Cl)c1)C(=O)CN(c1cccc(Cl)c1)S(=O)(=O)c1ccc(Cl)cc1. The summed E-state index contributed by atoms with van der Waals surface area (Å²) in [5, 5.41) is 3.85. The van der Waals surface area contributed by atoms with Gasteiger partial charge >= 0.3 is 0 Å². The summed E-state index contributed by atoms with van der Waals surface area (Å²) in [4.78, 5) is 27.7. The van der Waals surface area contributed by atoms with E-state index in [0.717, 1.165) is 4.31 Å². The van der Waals surface area contributed by atoms with Crippen LogP contribution in [0.15, 0.2) is 77.7 Å². The number of nitrogens with one attached hydrogen (secondary N) is 1. The zero-order valence-corrected chi connectivity index (χ0v) is 23.3. The minimum atomic E-state index is -4.21. The third-order valence-electron chi connectivity index (χ3n) is 5.54. The molecule has 7 nitrogen and oxygen atoms in total. The second kappa shape index (κ2) is 12.6. The van der Waals surface area contributed by atoms with Crippen LogP contribution in [0.4, 0.5) is 5.69 Å². The zero-order valence-electron chi connectivity index (χ0n) is 20.2. The number of amides is 2. The molecule has 37 heavy (non-hydrogen) atoms. The fraction of sp³-hybridized carbons (Fsp3) is 0.231. The van der Waals surface area contributed by atoms with Gasteiger partial charge in [-0.2, -0.15) is 0 Å². The lowest BCUT2D eigenvalue weighted by Crippen LogP contribution is -2.51. The molecule has 0 unspecified atom stereocenters. The van der Waals surface area contributed by atoms with Gasteiger partial charge in [-0.3, -0.25) is 13.9 Å². The molecule has 3 rings (SSSR count). The van der Waals surface area contributed by atoms with Gasteiger partial charge < -0.3 is 10.2 Å². The quantitative estimate of drug-likeness (QED) is 0.347. The van der Waals surface area contributed by atoms with Crippen LogP contribution in [-0.4, -0.2) is 44.3 Å². The highest BCUT2D eigenvalue weighted by molar-refractivity contribution is 7.92. The van der Waals surface area contributed by atoms with E-state index < -0.39 is 28.5 Å². The van der Waals surface area contributed by atoms with Crippen LogP contribution in [0.5, 0.6) is 0 Å². The molecule has 196 valence electrons. The number of carbonyl (C=O) groups is 2. The molecule has 2 amide bonds. The molecule has 11 heteroatoms. The smallest absolute Gasteiger partial charge is 0.264 e. The molecule has 0 aliphatic carbocycles. The van der Waals surface area contributed by atoms with Crippen molar-refractivity contribution >= 4 is 62.3 Å². The molecular weight excluding hydrogens is 557 g/mol. The Labute approximate surface area is 232 Å². The van der Waals surface area contributed by atoms with Crippen LogP contribution in [0.2, 0.25) is 15.1 Å². The number of sulfonamides is 1. The summed E-state index contributed by atoms with van der Waals surface area (Å²) in [5.41, 5.74) is 0.885. The molecule has 1 atom stereocenters. The molecule has 0 spiro atoms. The van der Waals surface area contributed by atoms with E-state index in [9.17, 15) is 18.0 Å². The normalized spacial score (nSPS) is 12.0. The molecule has 0 bridgehead atoms. The molecule has 3 aromatic rings. The van der Waals surface area contributed by atoms with E-state index in [1.54, 1.807) is 56.3 Å². The van der Waals surface area contributed by atoms with Crippen LogP contribution in [0.25, 0.3) is 0 Å². The fourth-order valence-electron chi connectivity index (χ4n) is 3.63. The Morgan fingerprint density at radius 1 is 0.892 bits per heavy atom. The van der Waals surface area contributed by atoms with Crippen LogP contribution in [0.3, 0.4) is 0 Å². The van der Waals surface area contributed by atoms with E-state index in [2.05, 4.69) is 5.32 Å². The lowest BCUT2D eigenvalue weighted by Gasteiger charge is -2.32. The van der Waals surface area contributed by atoms with Gasteiger partial charge in [-0.05, 0) is 74.0 Å². The maximum absolute atomic E-state index is 13.7. The second-order valence-corrected chi connectivity index (χ2v) is 11.3. The van der Waals surface area contributed by atoms with E-state index in [1.807, 2.05) is 0 Å². The highest BCUT2D eigenvalue weighted by Gasteiger charge is 2.32. The van der Waals surface area contributed by atoms with Crippen LogP contribution < -0.4 is 9.62 Å². The number of carbonyl (C=O) groups excluding carboxylic acids is 2. The van der Waals surface area contributed by atoms with Crippen molar-refractivity contribution in [3.63, 3.8) is 0 Å². The van der Waals surface area contributed by atoms with Crippen molar-refractivity contribution in [2.45, 2.75) is 31.3 Å². The Morgan fingerprint density at radius 2 is 1.51 bits per heavy atom. The Bertz CT molecular complexity index is 1370. The van der Waals surface area contributed by atoms with Crippen LogP contribution in [0, 0.1) is 0 Å². The van der Waals surface area contributed by atoms with Gasteiger partial charge in [0, 0.05) is 28.2 Å². The summed E-state index contributed by atoms with van der Waals surface area (Å²) in [6, 6.07) is 17.8. The summed E-state index contributed by atoms with van der Waals surface area (Å²) in [5.74, 6) is -0.955. The van der Waals surface area contributed by atoms with Crippen molar-refractivity contribution < 1.29 is 18.0 Å². The highest BCUT2D eigenvalue weighted by Crippen LogP contribution is 2.27. The van der Waals surface area contributed by atoms with Crippen molar-refractivity contribution in [1.29, 1.82) is 0 Å². The molecule has 0 fully saturated rings. The van der Waals surface area contributed by atoms with Gasteiger partial charge in [-0.25, -0.2) is 8.42 Å². The standard InChI is InChI=1S/C26H26Cl3N3O4S/c1-3-30-26(34)18(2)31(16-19-6-4-7-21(28)14-19)25(33)17-32(23-9-5-8-22(29)15-23)37(35,36)24-12-10-20(27)11-13-24/h4-15,18H,3,16-17H2,1-2H3,(H,30,34)/t18-/m1/s1. The van der Waals surface area contributed by atoms with Gasteiger partial charge in [0.25, 0.3) is 10.0 Å². The Balaban J connectivity index is 2.03. The monoisotopic (exact) mass is 581 g/mol. The maximum atomic E-state index is 13.7. The Hall–Kier alpha value is -2.78. The number of hydrogen-bond donors (Lipinski definition) is 1. The number of rotatable bonds is 10. The second-order valence-electron chi connectivity index (χ2n) is 8.17. The van der Waals surface area contributed by atoms with Gasteiger partial charge in [-0.15, -0.1) is 0 Å². The Kier molecular flexibility index (Phi) is 9.84. The lowest BCUT2D eigenvalue weighted by molar-refractivity contribution is -0.139. The molecule has 0 heterocycles. The van der Waals surface area contributed by atoms with Crippen molar-refractivity contribution in [2.75, 3.05) is 17.4 Å². The van der Waals surface area contributed by atoms with Gasteiger partial charge in [0.15, 0.2) is 0 Å². The summed E-state index contributed by atoms with van der Waals surface area (Å²) < 4.78 is 28.4. The predicted octanol–water partition coefficient (Wildman–Crippen LogP) is 5.40. The molecule has 0 saturated carbocycles. The highest BCUT2D eigenvalue weighted by atomic mass is 35.5. The third-order valence-corrected chi connectivity index (χ3v) is 8.05. The molecular formula is C26H26Cl3N3O4S. The number of anilines is 1. The van der Waals surface area contributed by atoms with Gasteiger partial charge in [0.2, 0.25) is 11.8 Å². The first-order valence-corrected chi connectivity index (χ1v) is 14.0. The molecule has 0 aromatic heterocycles. The zero-order chi connectivity index (χ0) is 27.2. The molecule has 0 aliphatic rings. The molecule has 1 N–H and O–H groups in total. The summed E-state index contributed by atoms with van der Waals surface area (Å²) >= 11 is 18.2. The topological polar surface area (TPSA) is 86.8 Å². The average molecular weight is 583 g/mol. The average Bonchev–Trinajstić information content (AvgIpc) is 2.85. The van der Waals surface area contributed by atoms with E-state index in [1.165, 1.54) is 35.2 Å². The van der Waals surface area contributed by atoms with E-state index in [0.29, 0.717) is 27.2 Å². The van der Waals surface area contributed by atoms with Crippen LogP contribution in [-0.2, 0) is 26.2 Å². The minimum absolute atomic E-state index is 0.0437. The number of halogens is 3. The molecule has 0 saturated heterocycles. The van der Waals surface area contributed by atoms with Gasteiger partial charge in [0.1, 0.15) is 12.6 Å². The van der Waals surface area contributed by atoms with Crippen LogP contribution >= 0.6 is 34.8 Å².